The van der Waals surface area contributed by atoms with Crippen molar-refractivity contribution in [1.29, 1.82) is 0 Å². The molecule has 1 aromatic rings. The number of aliphatic carboxylic acids is 1. The lowest BCUT2D eigenvalue weighted by molar-refractivity contribution is -0.507. The number of nitrogens with zero attached hydrogens (tertiary/aromatic N) is 3. The van der Waals surface area contributed by atoms with E-state index in [0.717, 1.165) is 11.3 Å². The first-order valence-corrected chi connectivity index (χ1v) is 5.02. The molecule has 0 radical (unpaired) electrons. The maximum absolute atomic E-state index is 10.4. The Morgan fingerprint density at radius 3 is 3.06 bits per heavy atom. The van der Waals surface area contributed by atoms with Crippen LogP contribution in [0.3, 0.4) is 0 Å². The van der Waals surface area contributed by atoms with Crippen molar-refractivity contribution in [3.63, 3.8) is 0 Å². The third-order valence-electron chi connectivity index (χ3n) is 2.11. The largest absolute Gasteiger partial charge is 0.481 e. The van der Waals surface area contributed by atoms with Gasteiger partial charge in [0.25, 0.3) is 0 Å². The number of aromatic nitrogens is 2. The monoisotopic (exact) mass is 231 g/mol. The summed E-state index contributed by atoms with van der Waals surface area (Å²) in [6, 6.07) is 3.65. The van der Waals surface area contributed by atoms with Crippen molar-refractivity contribution in [1.82, 2.24) is 15.6 Å². The number of hydrazone groups is 1. The quantitative estimate of drug-likeness (QED) is 0.736. The maximum atomic E-state index is 10.4. The summed E-state index contributed by atoms with van der Waals surface area (Å²) < 4.78 is 1.58. The fourth-order valence-electron chi connectivity index (χ4n) is 1.30. The second-order valence-electron chi connectivity index (χ2n) is 3.34. The molecule has 6 heteroatoms. The zero-order valence-electron chi connectivity index (χ0n) is 8.95. The van der Waals surface area contributed by atoms with Crippen LogP contribution >= 0.6 is 0 Å². The second kappa shape index (κ2) is 5.02. The fraction of sp³-hybridized carbons (Fsp3) is 0.0909. The number of rotatable bonds is 3. The third kappa shape index (κ3) is 2.97. The van der Waals surface area contributed by atoms with Crippen molar-refractivity contribution < 1.29 is 14.6 Å². The van der Waals surface area contributed by atoms with E-state index in [-0.39, 0.29) is 6.42 Å². The molecule has 0 aliphatic carbocycles. The smallest absolute Gasteiger partial charge is 0.313 e. The molecule has 0 fully saturated rings. The number of hydrogen-bond acceptors (Lipinski definition) is 4. The molecule has 0 atom stereocenters. The Morgan fingerprint density at radius 2 is 2.47 bits per heavy atom. The van der Waals surface area contributed by atoms with E-state index in [2.05, 4.69) is 15.6 Å². The Bertz CT molecular complexity index is 505. The van der Waals surface area contributed by atoms with Crippen molar-refractivity contribution in [2.24, 2.45) is 0 Å². The first-order valence-electron chi connectivity index (χ1n) is 5.02. The summed E-state index contributed by atoms with van der Waals surface area (Å²) in [6.07, 6.45) is 8.40. The SMILES string of the molecule is O=C(O)CC=[N+]1C=CC(c2cccnn2)=CN1. The van der Waals surface area contributed by atoms with Gasteiger partial charge in [0.15, 0.2) is 12.4 Å². The number of hydrogen-bond donors (Lipinski definition) is 2. The zero-order valence-corrected chi connectivity index (χ0v) is 8.95. The van der Waals surface area contributed by atoms with Crippen LogP contribution in [0.2, 0.25) is 0 Å². The fourth-order valence-corrected chi connectivity index (χ4v) is 1.30. The average Bonchev–Trinajstić information content (AvgIpc) is 2.38. The van der Waals surface area contributed by atoms with E-state index < -0.39 is 5.97 Å². The number of carboxylic acids is 1. The van der Waals surface area contributed by atoms with Gasteiger partial charge in [-0.2, -0.15) is 15.6 Å². The molecule has 0 unspecified atom stereocenters. The van der Waals surface area contributed by atoms with Gasteiger partial charge in [-0.25, -0.2) is 0 Å². The van der Waals surface area contributed by atoms with Crippen molar-refractivity contribution in [3.05, 3.63) is 42.5 Å². The van der Waals surface area contributed by atoms with Gasteiger partial charge in [-0.05, 0) is 12.1 Å². The standard InChI is InChI=1S/C11H10N4O2/c16-11(17)4-7-15-6-3-9(8-13-15)10-2-1-5-12-14-10/h1-3,5-8H,4H2,(H-,13,14,16,17)/p+1. The lowest BCUT2D eigenvalue weighted by Gasteiger charge is -2.04. The lowest BCUT2D eigenvalue weighted by atomic mass is 10.2. The van der Waals surface area contributed by atoms with Crippen molar-refractivity contribution in [2.45, 2.75) is 6.42 Å². The van der Waals surface area contributed by atoms with Gasteiger partial charge in [-0.3, -0.25) is 4.79 Å². The molecule has 0 saturated carbocycles. The van der Waals surface area contributed by atoms with Gasteiger partial charge in [0.2, 0.25) is 0 Å². The first-order chi connectivity index (χ1) is 8.25. The predicted octanol–water partition coefficient (Wildman–Crippen LogP) is 0.407. The van der Waals surface area contributed by atoms with Crippen molar-refractivity contribution in [3.8, 4) is 0 Å². The minimum Gasteiger partial charge on any atom is -0.481 e. The zero-order chi connectivity index (χ0) is 12.1. The van der Waals surface area contributed by atoms with Crippen molar-refractivity contribution in [2.75, 3.05) is 0 Å². The van der Waals surface area contributed by atoms with Crippen LogP contribution in [0.15, 0.2) is 36.8 Å². The molecule has 6 nitrogen and oxygen atoms in total. The molecular weight excluding hydrogens is 220 g/mol. The molecule has 17 heavy (non-hydrogen) atoms. The van der Waals surface area contributed by atoms with Crippen LogP contribution in [0.25, 0.3) is 5.57 Å². The van der Waals surface area contributed by atoms with Crippen LogP contribution < -0.4 is 5.43 Å². The van der Waals surface area contributed by atoms with E-state index in [4.69, 9.17) is 5.11 Å². The van der Waals surface area contributed by atoms with Gasteiger partial charge in [-0.15, -0.1) is 0 Å². The molecule has 0 spiro atoms. The van der Waals surface area contributed by atoms with E-state index in [0.29, 0.717) is 0 Å². The number of hydrazine groups is 1. The average molecular weight is 231 g/mol. The molecule has 86 valence electrons. The summed E-state index contributed by atoms with van der Waals surface area (Å²) in [6.45, 7) is 0. The van der Waals surface area contributed by atoms with Crippen LogP contribution in [0.5, 0.6) is 0 Å². The summed E-state index contributed by atoms with van der Waals surface area (Å²) in [7, 11) is 0. The number of carbonyl (C=O) groups is 1. The number of nitrogens with one attached hydrogen (secondary N) is 1. The Balaban J connectivity index is 2.07. The van der Waals surface area contributed by atoms with Crippen LogP contribution in [-0.2, 0) is 4.79 Å². The lowest BCUT2D eigenvalue weighted by Crippen LogP contribution is -2.23. The van der Waals surface area contributed by atoms with E-state index >= 15 is 0 Å². The van der Waals surface area contributed by atoms with Gasteiger partial charge in [0.1, 0.15) is 6.42 Å². The Hall–Kier alpha value is -2.50. The molecule has 0 saturated heterocycles. The van der Waals surface area contributed by atoms with E-state index in [1.807, 2.05) is 12.1 Å². The molecule has 1 aliphatic rings. The van der Waals surface area contributed by atoms with Gasteiger partial charge >= 0.3 is 5.97 Å². The molecular formula is C11H11N4O2+. The molecule has 2 N–H and O–H groups in total. The molecule has 2 rings (SSSR count). The third-order valence-corrected chi connectivity index (χ3v) is 2.11. The van der Waals surface area contributed by atoms with Crippen molar-refractivity contribution >= 4 is 17.8 Å². The highest BCUT2D eigenvalue weighted by molar-refractivity contribution is 5.82. The molecule has 1 aromatic heterocycles. The maximum Gasteiger partial charge on any atom is 0.313 e. The Kier molecular flexibility index (Phi) is 3.25. The summed E-state index contributed by atoms with van der Waals surface area (Å²) >= 11 is 0. The minimum absolute atomic E-state index is 0.0361. The van der Waals surface area contributed by atoms with Crippen LogP contribution in [0, 0.1) is 0 Å². The number of allylic oxidation sites excluding steroid dienone is 2. The normalized spacial score (nSPS) is 16.5. The highest BCUT2D eigenvalue weighted by Gasteiger charge is 2.09. The van der Waals surface area contributed by atoms with Crippen LogP contribution in [-0.4, -0.2) is 32.2 Å². The van der Waals surface area contributed by atoms with E-state index in [1.165, 1.54) is 6.21 Å². The summed E-state index contributed by atoms with van der Waals surface area (Å²) in [5.41, 5.74) is 4.57. The highest BCUT2D eigenvalue weighted by atomic mass is 16.4. The summed E-state index contributed by atoms with van der Waals surface area (Å²) in [5, 5.41) is 16.3. The van der Waals surface area contributed by atoms with Gasteiger partial charge < -0.3 is 5.11 Å². The minimum atomic E-state index is -0.871. The Morgan fingerprint density at radius 1 is 1.59 bits per heavy atom. The molecule has 0 bridgehead atoms. The molecule has 0 aromatic carbocycles. The highest BCUT2D eigenvalue weighted by Crippen LogP contribution is 2.12. The number of carboxylic acid groups (broad SMARTS) is 1. The first kappa shape index (κ1) is 11.0. The summed E-state index contributed by atoms with van der Waals surface area (Å²) in [5.74, 6) is -0.871. The Labute approximate surface area is 97.6 Å². The van der Waals surface area contributed by atoms with Crippen LogP contribution in [0.1, 0.15) is 12.1 Å². The van der Waals surface area contributed by atoms with E-state index in [9.17, 15) is 4.79 Å². The van der Waals surface area contributed by atoms with Gasteiger partial charge in [0, 0.05) is 17.8 Å². The predicted molar refractivity (Wildman–Crippen MR) is 60.9 cm³/mol. The van der Waals surface area contributed by atoms with E-state index in [1.54, 1.807) is 29.3 Å². The molecule has 1 aliphatic heterocycles. The second-order valence-corrected chi connectivity index (χ2v) is 3.34. The van der Waals surface area contributed by atoms with Gasteiger partial charge in [0.05, 0.1) is 11.9 Å². The van der Waals surface area contributed by atoms with Crippen LogP contribution in [0.4, 0.5) is 0 Å². The van der Waals surface area contributed by atoms with Gasteiger partial charge in [-0.1, -0.05) is 4.68 Å². The summed E-state index contributed by atoms with van der Waals surface area (Å²) in [4.78, 5) is 10.4. The molecule has 0 amide bonds. The topological polar surface area (TPSA) is 78.1 Å². The molecule has 2 heterocycles.